The quantitative estimate of drug-likeness (QED) is 0.295. The Labute approximate surface area is 172 Å². The van der Waals surface area contributed by atoms with E-state index in [1.54, 1.807) is 0 Å². The number of aromatic nitrogens is 1. The summed E-state index contributed by atoms with van der Waals surface area (Å²) >= 11 is 17.4. The zero-order valence-corrected chi connectivity index (χ0v) is 16.3. The number of pyridine rings is 1. The summed E-state index contributed by atoms with van der Waals surface area (Å²) in [5.74, 6) is -1.69. The van der Waals surface area contributed by atoms with E-state index < -0.39 is 29.1 Å². The fourth-order valence-electron chi connectivity index (χ4n) is 1.96. The molecule has 0 aliphatic rings. The highest BCUT2D eigenvalue weighted by Gasteiger charge is 2.22. The number of anilines is 2. The minimum Gasteiger partial charge on any atom is -0.495 e. The molecule has 1 aromatic carbocycles. The lowest BCUT2D eigenvalue weighted by Gasteiger charge is -2.11. The van der Waals surface area contributed by atoms with Crippen LogP contribution in [0.15, 0.2) is 18.2 Å². The Bertz CT molecular complexity index is 969. The molecule has 1 aromatic heterocycles. The van der Waals surface area contributed by atoms with Gasteiger partial charge in [-0.3, -0.25) is 14.9 Å². The number of hydrogen-bond acceptors (Lipinski definition) is 8. The van der Waals surface area contributed by atoms with E-state index in [9.17, 15) is 19.7 Å². The highest BCUT2D eigenvalue weighted by Crippen LogP contribution is 2.34. The maximum Gasteiger partial charge on any atom is 0.359 e. The SMILES string of the molecule is COc1ccc([N+](=O)[O-])cc1NC(=O)COC(=O)c1nc(Cl)c(Cl)c(N)c1Cl. The van der Waals surface area contributed by atoms with Gasteiger partial charge in [-0.05, 0) is 6.07 Å². The molecule has 10 nitrogen and oxygen atoms in total. The van der Waals surface area contributed by atoms with Crippen LogP contribution in [0, 0.1) is 10.1 Å². The van der Waals surface area contributed by atoms with Gasteiger partial charge in [0.25, 0.3) is 11.6 Å². The molecule has 148 valence electrons. The molecule has 0 aliphatic carbocycles. The second kappa shape index (κ2) is 8.91. The first-order valence-electron chi connectivity index (χ1n) is 7.25. The fraction of sp³-hybridized carbons (Fsp3) is 0.133. The van der Waals surface area contributed by atoms with Gasteiger partial charge >= 0.3 is 5.97 Å². The van der Waals surface area contributed by atoms with Crippen molar-refractivity contribution in [2.45, 2.75) is 0 Å². The first-order chi connectivity index (χ1) is 13.1. The van der Waals surface area contributed by atoms with Crippen LogP contribution in [0.2, 0.25) is 15.2 Å². The number of nitrogens with one attached hydrogen (secondary N) is 1. The molecule has 0 saturated heterocycles. The monoisotopic (exact) mass is 448 g/mol. The number of amides is 1. The molecule has 0 saturated carbocycles. The molecule has 13 heteroatoms. The lowest BCUT2D eigenvalue weighted by molar-refractivity contribution is -0.384. The number of ether oxygens (including phenoxy) is 2. The predicted molar refractivity (Wildman–Crippen MR) is 102 cm³/mol. The summed E-state index contributed by atoms with van der Waals surface area (Å²) in [5, 5.41) is 12.5. The van der Waals surface area contributed by atoms with Crippen LogP contribution in [0.3, 0.4) is 0 Å². The van der Waals surface area contributed by atoms with Crippen molar-refractivity contribution >= 4 is 63.7 Å². The maximum absolute atomic E-state index is 12.1. The van der Waals surface area contributed by atoms with Gasteiger partial charge in [0, 0.05) is 12.1 Å². The molecule has 0 spiro atoms. The van der Waals surface area contributed by atoms with Crippen molar-refractivity contribution < 1.29 is 24.0 Å². The van der Waals surface area contributed by atoms with Crippen molar-refractivity contribution in [2.75, 3.05) is 24.8 Å². The van der Waals surface area contributed by atoms with Crippen molar-refractivity contribution in [1.29, 1.82) is 0 Å². The Morgan fingerprint density at radius 2 is 1.96 bits per heavy atom. The van der Waals surface area contributed by atoms with Gasteiger partial charge < -0.3 is 20.5 Å². The summed E-state index contributed by atoms with van der Waals surface area (Å²) in [4.78, 5) is 38.0. The predicted octanol–water partition coefficient (Wildman–Crippen LogP) is 3.34. The zero-order valence-electron chi connectivity index (χ0n) is 14.0. The van der Waals surface area contributed by atoms with Gasteiger partial charge in [-0.25, -0.2) is 9.78 Å². The third-order valence-electron chi connectivity index (χ3n) is 3.27. The number of nitrogen functional groups attached to an aromatic ring is 1. The van der Waals surface area contributed by atoms with Crippen molar-refractivity contribution in [3.05, 3.63) is 49.2 Å². The third-order valence-corrected chi connectivity index (χ3v) is 4.40. The Morgan fingerprint density at radius 1 is 1.29 bits per heavy atom. The van der Waals surface area contributed by atoms with Crippen LogP contribution in [-0.2, 0) is 9.53 Å². The molecule has 0 atom stereocenters. The van der Waals surface area contributed by atoms with Gasteiger partial charge in [0.2, 0.25) is 0 Å². The number of carbonyl (C=O) groups excluding carboxylic acids is 2. The minimum atomic E-state index is -1.07. The average molecular weight is 450 g/mol. The van der Waals surface area contributed by atoms with Crippen molar-refractivity contribution in [2.24, 2.45) is 0 Å². The summed E-state index contributed by atoms with van der Waals surface area (Å²) in [6.45, 7) is -0.747. The number of nitrogens with zero attached hydrogens (tertiary/aromatic N) is 2. The molecule has 3 N–H and O–H groups in total. The Balaban J connectivity index is 2.10. The molecule has 0 radical (unpaired) electrons. The van der Waals surface area contributed by atoms with Crippen LogP contribution in [0.25, 0.3) is 0 Å². The third kappa shape index (κ3) is 4.71. The standard InChI is InChI=1S/C15H11Cl3N4O6/c1-27-8-3-2-6(22(25)26)4-7(8)20-9(23)5-28-15(24)13-10(16)12(19)11(17)14(18)21-13/h2-4H,5H2,1H3,(H2,19,21)(H,20,23). The summed E-state index contributed by atoms with van der Waals surface area (Å²) < 4.78 is 9.83. The molecule has 0 unspecified atom stereocenters. The summed E-state index contributed by atoms with van der Waals surface area (Å²) in [7, 11) is 1.32. The van der Waals surface area contributed by atoms with Crippen molar-refractivity contribution in [3.8, 4) is 5.75 Å². The van der Waals surface area contributed by atoms with E-state index in [4.69, 9.17) is 50.0 Å². The topological polar surface area (TPSA) is 147 Å². The van der Waals surface area contributed by atoms with E-state index in [2.05, 4.69) is 10.3 Å². The van der Waals surface area contributed by atoms with Gasteiger partial charge in [0.15, 0.2) is 17.5 Å². The number of nitro benzene ring substituents is 1. The number of nitrogens with two attached hydrogens (primary N) is 1. The summed E-state index contributed by atoms with van der Waals surface area (Å²) in [6.07, 6.45) is 0. The number of halogens is 3. The lowest BCUT2D eigenvalue weighted by atomic mass is 10.2. The summed E-state index contributed by atoms with van der Waals surface area (Å²) in [5.41, 5.74) is 4.77. The van der Waals surface area contributed by atoms with Gasteiger partial charge in [-0.2, -0.15) is 0 Å². The smallest absolute Gasteiger partial charge is 0.359 e. The van der Waals surface area contributed by atoms with Crippen LogP contribution >= 0.6 is 34.8 Å². The molecule has 2 aromatic rings. The molecule has 0 bridgehead atoms. The van der Waals surface area contributed by atoms with Crippen LogP contribution < -0.4 is 15.8 Å². The number of hydrogen-bond donors (Lipinski definition) is 2. The van der Waals surface area contributed by atoms with E-state index in [1.165, 1.54) is 19.2 Å². The number of carbonyl (C=O) groups is 2. The molecular formula is C15H11Cl3N4O6. The Hall–Kier alpha value is -2.82. The second-order valence-electron chi connectivity index (χ2n) is 5.06. The van der Waals surface area contributed by atoms with Crippen LogP contribution in [-0.4, -0.2) is 35.5 Å². The molecule has 1 amide bonds. The van der Waals surface area contributed by atoms with E-state index in [1.807, 2.05) is 0 Å². The number of benzene rings is 1. The van der Waals surface area contributed by atoms with Crippen LogP contribution in [0.1, 0.15) is 10.5 Å². The first-order valence-corrected chi connectivity index (χ1v) is 8.38. The van der Waals surface area contributed by atoms with E-state index >= 15 is 0 Å². The van der Waals surface area contributed by atoms with Crippen LogP contribution in [0.5, 0.6) is 5.75 Å². The molecule has 28 heavy (non-hydrogen) atoms. The lowest BCUT2D eigenvalue weighted by Crippen LogP contribution is -2.22. The first kappa shape index (κ1) is 21.5. The Morgan fingerprint density at radius 3 is 2.57 bits per heavy atom. The zero-order chi connectivity index (χ0) is 21.0. The van der Waals surface area contributed by atoms with Crippen molar-refractivity contribution in [1.82, 2.24) is 4.98 Å². The number of non-ortho nitro benzene ring substituents is 1. The van der Waals surface area contributed by atoms with Crippen LogP contribution in [0.4, 0.5) is 17.1 Å². The van der Waals surface area contributed by atoms with Gasteiger partial charge in [-0.15, -0.1) is 0 Å². The second-order valence-corrected chi connectivity index (χ2v) is 6.17. The Kier molecular flexibility index (Phi) is 6.84. The van der Waals surface area contributed by atoms with E-state index in [-0.39, 0.29) is 38.0 Å². The van der Waals surface area contributed by atoms with Gasteiger partial charge in [0.05, 0.1) is 28.4 Å². The summed E-state index contributed by atoms with van der Waals surface area (Å²) in [6, 6.07) is 3.61. The molecular weight excluding hydrogens is 439 g/mol. The van der Waals surface area contributed by atoms with E-state index in [0.29, 0.717) is 0 Å². The fourth-order valence-corrected chi connectivity index (χ4v) is 2.54. The highest BCUT2D eigenvalue weighted by molar-refractivity contribution is 6.46. The van der Waals surface area contributed by atoms with Gasteiger partial charge in [-0.1, -0.05) is 34.8 Å². The molecule has 0 fully saturated rings. The highest BCUT2D eigenvalue weighted by atomic mass is 35.5. The molecule has 1 heterocycles. The number of rotatable bonds is 6. The van der Waals surface area contributed by atoms with Crippen molar-refractivity contribution in [3.63, 3.8) is 0 Å². The number of nitro groups is 1. The van der Waals surface area contributed by atoms with E-state index in [0.717, 1.165) is 6.07 Å². The maximum atomic E-state index is 12.1. The largest absolute Gasteiger partial charge is 0.495 e. The molecule has 2 rings (SSSR count). The van der Waals surface area contributed by atoms with Gasteiger partial charge in [0.1, 0.15) is 10.8 Å². The molecule has 0 aliphatic heterocycles. The normalized spacial score (nSPS) is 10.3. The number of esters is 1. The average Bonchev–Trinajstić information content (AvgIpc) is 2.67. The minimum absolute atomic E-state index is 0.0210. The number of methoxy groups -OCH3 is 1.